The second-order valence-electron chi connectivity index (χ2n) is 6.69. The zero-order valence-corrected chi connectivity index (χ0v) is 14.8. The Bertz CT molecular complexity index is 753. The van der Waals surface area contributed by atoms with Crippen LogP contribution in [0.1, 0.15) is 21.5 Å². The van der Waals surface area contributed by atoms with E-state index in [9.17, 15) is 13.6 Å². The molecule has 1 saturated heterocycles. The Morgan fingerprint density at radius 1 is 1.00 bits per heavy atom. The number of carbonyl (C=O) groups excluding carboxylic acids is 1. The molecule has 138 valence electrons. The first-order valence-electron chi connectivity index (χ1n) is 8.73. The minimum absolute atomic E-state index is 0.0148. The average Bonchev–Trinajstić information content (AvgIpc) is 2.62. The standard InChI is InChI=1S/C20H23F2N3O/c1-24-6-8-25(9-7-24)14-16-5-3-2-4-15(16)13-23-20(26)17-10-18(21)12-19(22)11-17/h2-5,10-12H,6-9,13-14H2,1H3,(H,23,26). The lowest BCUT2D eigenvalue weighted by Gasteiger charge is -2.32. The van der Waals surface area contributed by atoms with E-state index in [2.05, 4.69) is 28.2 Å². The van der Waals surface area contributed by atoms with Crippen molar-refractivity contribution in [2.75, 3.05) is 33.2 Å². The summed E-state index contributed by atoms with van der Waals surface area (Å²) in [7, 11) is 2.12. The predicted molar refractivity (Wildman–Crippen MR) is 96.7 cm³/mol. The van der Waals surface area contributed by atoms with Gasteiger partial charge in [0.2, 0.25) is 0 Å². The predicted octanol–water partition coefficient (Wildman–Crippen LogP) is 2.64. The summed E-state index contributed by atoms with van der Waals surface area (Å²) >= 11 is 0. The van der Waals surface area contributed by atoms with Gasteiger partial charge in [-0.15, -0.1) is 0 Å². The van der Waals surface area contributed by atoms with Gasteiger partial charge in [0.05, 0.1) is 0 Å². The van der Waals surface area contributed by atoms with Crippen LogP contribution in [-0.2, 0) is 13.1 Å². The fourth-order valence-electron chi connectivity index (χ4n) is 3.09. The van der Waals surface area contributed by atoms with Crippen LogP contribution in [-0.4, -0.2) is 48.9 Å². The summed E-state index contributed by atoms with van der Waals surface area (Å²) < 4.78 is 26.5. The van der Waals surface area contributed by atoms with Crippen LogP contribution in [0, 0.1) is 11.6 Å². The Morgan fingerprint density at radius 2 is 1.62 bits per heavy atom. The number of piperazine rings is 1. The minimum Gasteiger partial charge on any atom is -0.348 e. The molecule has 0 unspecified atom stereocenters. The summed E-state index contributed by atoms with van der Waals surface area (Å²) in [5, 5.41) is 2.76. The van der Waals surface area contributed by atoms with Gasteiger partial charge in [-0.05, 0) is 30.3 Å². The molecule has 1 heterocycles. The monoisotopic (exact) mass is 359 g/mol. The van der Waals surface area contributed by atoms with E-state index in [4.69, 9.17) is 0 Å². The lowest BCUT2D eigenvalue weighted by Crippen LogP contribution is -2.44. The molecule has 3 rings (SSSR count). The largest absolute Gasteiger partial charge is 0.348 e. The quantitative estimate of drug-likeness (QED) is 0.892. The molecule has 4 nitrogen and oxygen atoms in total. The van der Waals surface area contributed by atoms with Gasteiger partial charge in [0.25, 0.3) is 5.91 Å². The molecule has 0 aliphatic carbocycles. The van der Waals surface area contributed by atoms with Crippen LogP contribution in [0.4, 0.5) is 8.78 Å². The molecule has 2 aromatic carbocycles. The van der Waals surface area contributed by atoms with Crippen LogP contribution in [0.15, 0.2) is 42.5 Å². The third kappa shape index (κ3) is 4.86. The second kappa shape index (κ2) is 8.38. The minimum atomic E-state index is -0.759. The fourth-order valence-corrected chi connectivity index (χ4v) is 3.09. The Hall–Kier alpha value is -2.31. The highest BCUT2D eigenvalue weighted by atomic mass is 19.1. The van der Waals surface area contributed by atoms with Gasteiger partial charge in [0, 0.05) is 50.9 Å². The molecule has 0 spiro atoms. The normalized spacial score (nSPS) is 15.8. The summed E-state index contributed by atoms with van der Waals surface area (Å²) in [5.74, 6) is -2.01. The van der Waals surface area contributed by atoms with Crippen molar-refractivity contribution in [2.24, 2.45) is 0 Å². The molecule has 26 heavy (non-hydrogen) atoms. The number of hydrogen-bond donors (Lipinski definition) is 1. The highest BCUT2D eigenvalue weighted by Gasteiger charge is 2.16. The van der Waals surface area contributed by atoms with Crippen molar-refractivity contribution in [2.45, 2.75) is 13.1 Å². The van der Waals surface area contributed by atoms with Crippen molar-refractivity contribution in [3.63, 3.8) is 0 Å². The van der Waals surface area contributed by atoms with Gasteiger partial charge in [-0.3, -0.25) is 9.69 Å². The van der Waals surface area contributed by atoms with Gasteiger partial charge in [0.1, 0.15) is 11.6 Å². The molecule has 0 saturated carbocycles. The molecule has 0 atom stereocenters. The highest BCUT2D eigenvalue weighted by Crippen LogP contribution is 2.14. The van der Waals surface area contributed by atoms with Crippen LogP contribution in [0.5, 0.6) is 0 Å². The van der Waals surface area contributed by atoms with Crippen LogP contribution in [0.25, 0.3) is 0 Å². The van der Waals surface area contributed by atoms with E-state index >= 15 is 0 Å². The molecule has 1 aliphatic heterocycles. The maximum Gasteiger partial charge on any atom is 0.251 e. The summed E-state index contributed by atoms with van der Waals surface area (Å²) in [6, 6.07) is 10.8. The van der Waals surface area contributed by atoms with Crippen molar-refractivity contribution in [3.8, 4) is 0 Å². The first kappa shape index (κ1) is 18.5. The van der Waals surface area contributed by atoms with Gasteiger partial charge < -0.3 is 10.2 Å². The van der Waals surface area contributed by atoms with Crippen LogP contribution >= 0.6 is 0 Å². The molecule has 2 aromatic rings. The molecule has 6 heteroatoms. The van der Waals surface area contributed by atoms with Crippen molar-refractivity contribution in [3.05, 3.63) is 70.8 Å². The Labute approximate surface area is 152 Å². The first-order chi connectivity index (χ1) is 12.5. The highest BCUT2D eigenvalue weighted by molar-refractivity contribution is 5.94. The van der Waals surface area contributed by atoms with Gasteiger partial charge in [0.15, 0.2) is 0 Å². The molecule has 1 N–H and O–H groups in total. The molecule has 1 fully saturated rings. The van der Waals surface area contributed by atoms with E-state index in [1.165, 1.54) is 0 Å². The molecular weight excluding hydrogens is 336 g/mol. The summed E-state index contributed by atoms with van der Waals surface area (Å²) in [6.07, 6.45) is 0. The van der Waals surface area contributed by atoms with Gasteiger partial charge in [-0.1, -0.05) is 24.3 Å². The van der Waals surface area contributed by atoms with Crippen molar-refractivity contribution in [1.82, 2.24) is 15.1 Å². The van der Waals surface area contributed by atoms with E-state index in [-0.39, 0.29) is 5.56 Å². The summed E-state index contributed by atoms with van der Waals surface area (Å²) in [4.78, 5) is 16.9. The van der Waals surface area contributed by atoms with Crippen molar-refractivity contribution >= 4 is 5.91 Å². The third-order valence-electron chi connectivity index (χ3n) is 4.67. The van der Waals surface area contributed by atoms with E-state index in [1.54, 1.807) is 0 Å². The summed E-state index contributed by atoms with van der Waals surface area (Å²) in [5.41, 5.74) is 2.15. The van der Waals surface area contributed by atoms with E-state index in [1.807, 2.05) is 18.2 Å². The van der Waals surface area contributed by atoms with Gasteiger partial charge >= 0.3 is 0 Å². The third-order valence-corrected chi connectivity index (χ3v) is 4.67. The average molecular weight is 359 g/mol. The van der Waals surface area contributed by atoms with Gasteiger partial charge in [-0.25, -0.2) is 8.78 Å². The van der Waals surface area contributed by atoms with Gasteiger partial charge in [-0.2, -0.15) is 0 Å². The number of nitrogens with one attached hydrogen (secondary N) is 1. The topological polar surface area (TPSA) is 35.6 Å². The zero-order valence-electron chi connectivity index (χ0n) is 14.8. The number of carbonyl (C=O) groups is 1. The molecular formula is C20H23F2N3O. The first-order valence-corrected chi connectivity index (χ1v) is 8.73. The van der Waals surface area contributed by atoms with Crippen LogP contribution < -0.4 is 5.32 Å². The summed E-state index contributed by atoms with van der Waals surface area (Å²) in [6.45, 7) is 5.27. The fraction of sp³-hybridized carbons (Fsp3) is 0.350. The molecule has 0 aromatic heterocycles. The SMILES string of the molecule is CN1CCN(Cc2ccccc2CNC(=O)c2cc(F)cc(F)c2)CC1. The van der Waals surface area contributed by atoms with Crippen LogP contribution in [0.3, 0.4) is 0 Å². The van der Waals surface area contributed by atoms with Crippen molar-refractivity contribution in [1.29, 1.82) is 0 Å². The lowest BCUT2D eigenvalue weighted by molar-refractivity contribution is 0.0949. The number of rotatable bonds is 5. The van der Waals surface area contributed by atoms with E-state index in [0.29, 0.717) is 6.54 Å². The number of amides is 1. The molecule has 0 bridgehead atoms. The van der Waals surface area contributed by atoms with E-state index < -0.39 is 17.5 Å². The maximum absolute atomic E-state index is 13.3. The number of nitrogens with zero attached hydrogens (tertiary/aromatic N) is 2. The zero-order chi connectivity index (χ0) is 18.5. The van der Waals surface area contributed by atoms with Crippen molar-refractivity contribution < 1.29 is 13.6 Å². The number of hydrogen-bond acceptors (Lipinski definition) is 3. The Balaban J connectivity index is 1.63. The Morgan fingerprint density at radius 3 is 2.27 bits per heavy atom. The molecule has 1 amide bonds. The second-order valence-corrected chi connectivity index (χ2v) is 6.69. The molecule has 1 aliphatic rings. The van der Waals surface area contributed by atoms with Crippen LogP contribution in [0.2, 0.25) is 0 Å². The van der Waals surface area contributed by atoms with E-state index in [0.717, 1.165) is 62.0 Å². The molecule has 0 radical (unpaired) electrons. The maximum atomic E-state index is 13.3. The number of likely N-dealkylation sites (N-methyl/N-ethyl adjacent to an activating group) is 1. The number of benzene rings is 2. The number of halogens is 2. The smallest absolute Gasteiger partial charge is 0.251 e. The lowest BCUT2D eigenvalue weighted by atomic mass is 10.1. The Kier molecular flexibility index (Phi) is 5.96.